The van der Waals surface area contributed by atoms with Gasteiger partial charge in [-0.2, -0.15) is 8.78 Å². The number of ether oxygens (including phenoxy) is 2. The molecule has 1 aliphatic rings. The lowest BCUT2D eigenvalue weighted by atomic mass is 9.93. The molecule has 1 aromatic heterocycles. The topological polar surface area (TPSA) is 74.1 Å². The van der Waals surface area contributed by atoms with Gasteiger partial charge in [-0.15, -0.1) is 0 Å². The van der Waals surface area contributed by atoms with Gasteiger partial charge in [0.2, 0.25) is 5.95 Å². The van der Waals surface area contributed by atoms with Crippen LogP contribution in [0.2, 0.25) is 5.02 Å². The molecule has 10 heteroatoms. The van der Waals surface area contributed by atoms with E-state index in [2.05, 4.69) is 20.8 Å². The van der Waals surface area contributed by atoms with Gasteiger partial charge in [0.05, 0.1) is 23.7 Å². The van der Waals surface area contributed by atoms with Gasteiger partial charge in [0.15, 0.2) is 0 Å². The summed E-state index contributed by atoms with van der Waals surface area (Å²) in [7, 11) is 0. The van der Waals surface area contributed by atoms with Crippen molar-refractivity contribution in [1.82, 2.24) is 20.2 Å². The Morgan fingerprint density at radius 3 is 2.83 bits per heavy atom. The van der Waals surface area contributed by atoms with E-state index in [4.69, 9.17) is 21.1 Å². The molecule has 4 rings (SSSR count). The van der Waals surface area contributed by atoms with Gasteiger partial charge in [-0.25, -0.2) is 4.68 Å². The maximum Gasteiger partial charge on any atom is 0.387 e. The second-order valence-corrected chi connectivity index (χ2v) is 6.84. The van der Waals surface area contributed by atoms with Crippen LogP contribution in [0.25, 0.3) is 0 Å². The maximum atomic E-state index is 12.9. The first-order chi connectivity index (χ1) is 14.1. The van der Waals surface area contributed by atoms with E-state index in [1.54, 1.807) is 22.9 Å². The number of rotatable bonds is 6. The van der Waals surface area contributed by atoms with Crippen LogP contribution in [0.4, 0.5) is 14.7 Å². The number of nitrogens with one attached hydrogen (secondary N) is 1. The zero-order valence-corrected chi connectivity index (χ0v) is 16.2. The molecule has 1 aliphatic heterocycles. The van der Waals surface area contributed by atoms with E-state index in [-0.39, 0.29) is 11.8 Å². The standard InChI is InChI=1S/C19H18ClF2N5O2/c1-2-28-17-8-7-11(9-13(17)20)14-10-15(27-19(23-14)24-25-26-27)12-5-3-4-6-16(12)29-18(21)22/h3-9,14-15,18H,2,10H2,1H3,(H,23,24,26)/t14-,15-/m1/s1. The van der Waals surface area contributed by atoms with Crippen LogP contribution in [0.15, 0.2) is 42.5 Å². The van der Waals surface area contributed by atoms with Crippen LogP contribution in [0.5, 0.6) is 11.5 Å². The number of benzene rings is 2. The fourth-order valence-electron chi connectivity index (χ4n) is 3.48. The molecular formula is C19H18ClF2N5O2. The summed E-state index contributed by atoms with van der Waals surface area (Å²) >= 11 is 6.34. The smallest absolute Gasteiger partial charge is 0.387 e. The van der Waals surface area contributed by atoms with Gasteiger partial charge < -0.3 is 14.8 Å². The first-order valence-electron chi connectivity index (χ1n) is 9.07. The fourth-order valence-corrected chi connectivity index (χ4v) is 3.72. The van der Waals surface area contributed by atoms with E-state index in [9.17, 15) is 8.78 Å². The number of hydrogen-bond acceptors (Lipinski definition) is 6. The quantitative estimate of drug-likeness (QED) is 0.633. The number of alkyl halides is 2. The lowest BCUT2D eigenvalue weighted by Crippen LogP contribution is -2.28. The average molecular weight is 422 g/mol. The van der Waals surface area contributed by atoms with Crippen LogP contribution in [0.1, 0.15) is 36.6 Å². The molecule has 2 aromatic carbocycles. The molecule has 2 heterocycles. The fraction of sp³-hybridized carbons (Fsp3) is 0.316. The number of nitrogens with zero attached hydrogens (tertiary/aromatic N) is 4. The number of para-hydroxylation sites is 1. The number of fused-ring (bicyclic) bond motifs is 1. The molecular weight excluding hydrogens is 404 g/mol. The van der Waals surface area contributed by atoms with Crippen LogP contribution >= 0.6 is 11.6 Å². The Hall–Kier alpha value is -2.94. The Kier molecular flexibility index (Phi) is 5.48. The molecule has 29 heavy (non-hydrogen) atoms. The van der Waals surface area contributed by atoms with Gasteiger partial charge in [0.1, 0.15) is 11.5 Å². The molecule has 0 bridgehead atoms. The van der Waals surface area contributed by atoms with Crippen molar-refractivity contribution in [1.29, 1.82) is 0 Å². The van der Waals surface area contributed by atoms with Crippen LogP contribution in [-0.2, 0) is 0 Å². The Balaban J connectivity index is 1.70. The Morgan fingerprint density at radius 1 is 1.24 bits per heavy atom. The summed E-state index contributed by atoms with van der Waals surface area (Å²) < 4.78 is 37.5. The van der Waals surface area contributed by atoms with Crippen molar-refractivity contribution >= 4 is 17.5 Å². The lowest BCUT2D eigenvalue weighted by Gasteiger charge is -2.31. The summed E-state index contributed by atoms with van der Waals surface area (Å²) in [6.07, 6.45) is 0.506. The molecule has 2 atom stereocenters. The van der Waals surface area contributed by atoms with E-state index >= 15 is 0 Å². The lowest BCUT2D eigenvalue weighted by molar-refractivity contribution is -0.0507. The van der Waals surface area contributed by atoms with Crippen molar-refractivity contribution in [3.05, 3.63) is 58.6 Å². The van der Waals surface area contributed by atoms with Gasteiger partial charge in [0, 0.05) is 5.56 Å². The summed E-state index contributed by atoms with van der Waals surface area (Å²) in [6, 6.07) is 11.6. The number of anilines is 1. The second-order valence-electron chi connectivity index (χ2n) is 6.43. The monoisotopic (exact) mass is 421 g/mol. The molecule has 0 aliphatic carbocycles. The molecule has 0 radical (unpaired) electrons. The van der Waals surface area contributed by atoms with Crippen molar-refractivity contribution in [2.75, 3.05) is 11.9 Å². The largest absolute Gasteiger partial charge is 0.492 e. The highest BCUT2D eigenvalue weighted by atomic mass is 35.5. The minimum Gasteiger partial charge on any atom is -0.492 e. The summed E-state index contributed by atoms with van der Waals surface area (Å²) in [5, 5.41) is 15.5. The summed E-state index contributed by atoms with van der Waals surface area (Å²) in [5.74, 6) is 1.13. The molecule has 0 fully saturated rings. The van der Waals surface area contributed by atoms with Crippen LogP contribution < -0.4 is 14.8 Å². The summed E-state index contributed by atoms with van der Waals surface area (Å²) in [6.45, 7) is -0.527. The first kappa shape index (κ1) is 19.4. The predicted molar refractivity (Wildman–Crippen MR) is 103 cm³/mol. The molecule has 0 amide bonds. The van der Waals surface area contributed by atoms with E-state index in [1.165, 1.54) is 6.07 Å². The minimum atomic E-state index is -2.92. The van der Waals surface area contributed by atoms with Crippen molar-refractivity contribution in [2.24, 2.45) is 0 Å². The normalized spacial score (nSPS) is 18.2. The van der Waals surface area contributed by atoms with Crippen LogP contribution in [0, 0.1) is 0 Å². The van der Waals surface area contributed by atoms with E-state index in [1.807, 2.05) is 25.1 Å². The minimum absolute atomic E-state index is 0.0966. The molecule has 1 N–H and O–H groups in total. The summed E-state index contributed by atoms with van der Waals surface area (Å²) in [4.78, 5) is 0. The third-order valence-electron chi connectivity index (χ3n) is 4.70. The van der Waals surface area contributed by atoms with Gasteiger partial charge >= 0.3 is 6.61 Å². The van der Waals surface area contributed by atoms with Crippen LogP contribution in [-0.4, -0.2) is 33.4 Å². The molecule has 7 nitrogen and oxygen atoms in total. The molecule has 0 spiro atoms. The van der Waals surface area contributed by atoms with Gasteiger partial charge in [0.25, 0.3) is 0 Å². The molecule has 0 saturated carbocycles. The van der Waals surface area contributed by atoms with E-state index in [0.717, 1.165) is 5.56 Å². The molecule has 3 aromatic rings. The third kappa shape index (κ3) is 3.95. The molecule has 0 saturated heterocycles. The highest BCUT2D eigenvalue weighted by molar-refractivity contribution is 6.32. The number of halogens is 3. The van der Waals surface area contributed by atoms with Crippen molar-refractivity contribution in [3.63, 3.8) is 0 Å². The number of aromatic nitrogens is 4. The highest BCUT2D eigenvalue weighted by Crippen LogP contribution is 2.41. The van der Waals surface area contributed by atoms with Gasteiger partial charge in [-0.3, -0.25) is 0 Å². The number of tetrazole rings is 1. The van der Waals surface area contributed by atoms with Gasteiger partial charge in [-0.05, 0) is 47.5 Å². The Labute approximate surface area is 170 Å². The van der Waals surface area contributed by atoms with Crippen molar-refractivity contribution in [3.8, 4) is 11.5 Å². The molecule has 152 valence electrons. The molecule has 0 unspecified atom stereocenters. The SMILES string of the molecule is CCOc1ccc([C@H]2C[C@H](c3ccccc3OC(F)F)n3nnnc3N2)cc1Cl. The van der Waals surface area contributed by atoms with Crippen molar-refractivity contribution < 1.29 is 18.3 Å². The second kappa shape index (κ2) is 8.20. The zero-order chi connectivity index (χ0) is 20.4. The van der Waals surface area contributed by atoms with Crippen molar-refractivity contribution in [2.45, 2.75) is 32.0 Å². The number of hydrogen-bond donors (Lipinski definition) is 1. The maximum absolute atomic E-state index is 12.9. The summed E-state index contributed by atoms with van der Waals surface area (Å²) in [5.41, 5.74) is 1.48. The highest BCUT2D eigenvalue weighted by Gasteiger charge is 2.33. The van der Waals surface area contributed by atoms with E-state index in [0.29, 0.717) is 35.3 Å². The zero-order valence-electron chi connectivity index (χ0n) is 15.4. The van der Waals surface area contributed by atoms with E-state index < -0.39 is 12.7 Å². The third-order valence-corrected chi connectivity index (χ3v) is 5.00. The predicted octanol–water partition coefficient (Wildman–Crippen LogP) is 4.47. The Morgan fingerprint density at radius 2 is 2.07 bits per heavy atom. The first-order valence-corrected chi connectivity index (χ1v) is 9.45. The van der Waals surface area contributed by atoms with Crippen LogP contribution in [0.3, 0.4) is 0 Å². The van der Waals surface area contributed by atoms with Gasteiger partial charge in [-0.1, -0.05) is 41.0 Å². The average Bonchev–Trinajstić information content (AvgIpc) is 3.18. The Bertz CT molecular complexity index is 1000.